The van der Waals surface area contributed by atoms with Gasteiger partial charge in [0, 0.05) is 61.6 Å². The van der Waals surface area contributed by atoms with Crippen LogP contribution in [0.4, 0.5) is 17.2 Å². The first-order valence-electron chi connectivity index (χ1n) is 13.7. The van der Waals surface area contributed by atoms with Gasteiger partial charge in [-0.25, -0.2) is 4.98 Å². The van der Waals surface area contributed by atoms with E-state index in [0.717, 1.165) is 80.3 Å². The van der Waals surface area contributed by atoms with E-state index in [0.29, 0.717) is 11.4 Å². The number of aromatic nitrogens is 2. The van der Waals surface area contributed by atoms with Crippen LogP contribution in [-0.4, -0.2) is 47.4 Å². The number of nitrogens with one attached hydrogen (secondary N) is 1. The van der Waals surface area contributed by atoms with Crippen molar-refractivity contribution >= 4 is 28.9 Å². The Bertz CT molecular complexity index is 1480. The number of anilines is 3. The van der Waals surface area contributed by atoms with Crippen LogP contribution in [0, 0.1) is 6.92 Å². The van der Waals surface area contributed by atoms with Crippen molar-refractivity contribution in [2.75, 3.05) is 41.3 Å². The van der Waals surface area contributed by atoms with E-state index >= 15 is 0 Å². The van der Waals surface area contributed by atoms with Gasteiger partial charge in [0.1, 0.15) is 11.5 Å². The molecule has 39 heavy (non-hydrogen) atoms. The van der Waals surface area contributed by atoms with Crippen molar-refractivity contribution < 1.29 is 9.59 Å². The zero-order chi connectivity index (χ0) is 26.8. The minimum absolute atomic E-state index is 0.492. The second-order valence-corrected chi connectivity index (χ2v) is 10.4. The van der Waals surface area contributed by atoms with E-state index in [1.165, 1.54) is 5.56 Å². The Morgan fingerprint density at radius 3 is 2.31 bits per heavy atom. The number of amides is 1. The van der Waals surface area contributed by atoms with Gasteiger partial charge in [-0.3, -0.25) is 9.59 Å². The molecule has 7 nitrogen and oxygen atoms in total. The summed E-state index contributed by atoms with van der Waals surface area (Å²) in [5.74, 6) is -0.0744. The SMILES string of the molecule is Cc1ccnc(N2CCN(c3ccc(NC(=O)C(=O)c4c(-c5ccccc5)cc5n4CCCC5)cc3)CC2)c1. The highest BCUT2D eigenvalue weighted by molar-refractivity contribution is 6.47. The lowest BCUT2D eigenvalue weighted by molar-refractivity contribution is -0.112. The van der Waals surface area contributed by atoms with E-state index in [1.807, 2.05) is 71.4 Å². The van der Waals surface area contributed by atoms with Crippen LogP contribution >= 0.6 is 0 Å². The van der Waals surface area contributed by atoms with Gasteiger partial charge in [0.2, 0.25) is 0 Å². The molecule has 0 unspecified atom stereocenters. The zero-order valence-corrected chi connectivity index (χ0v) is 22.3. The molecule has 2 aliphatic rings. The number of hydrogen-bond donors (Lipinski definition) is 1. The highest BCUT2D eigenvalue weighted by atomic mass is 16.2. The molecule has 1 amide bonds. The molecule has 0 atom stereocenters. The molecule has 4 heterocycles. The largest absolute Gasteiger partial charge is 0.368 e. The van der Waals surface area contributed by atoms with Crippen LogP contribution in [0.1, 0.15) is 34.6 Å². The number of fused-ring (bicyclic) bond motifs is 1. The maximum Gasteiger partial charge on any atom is 0.298 e. The third kappa shape index (κ3) is 5.17. The Hall–Kier alpha value is -4.39. The number of ketones is 1. The summed E-state index contributed by atoms with van der Waals surface area (Å²) in [4.78, 5) is 35.8. The van der Waals surface area contributed by atoms with Gasteiger partial charge < -0.3 is 19.7 Å². The summed E-state index contributed by atoms with van der Waals surface area (Å²) in [5.41, 5.74) is 6.34. The first kappa shape index (κ1) is 24.9. The first-order chi connectivity index (χ1) is 19.1. The van der Waals surface area contributed by atoms with Gasteiger partial charge in [0.25, 0.3) is 11.7 Å². The van der Waals surface area contributed by atoms with E-state index in [1.54, 1.807) is 0 Å². The highest BCUT2D eigenvalue weighted by Gasteiger charge is 2.28. The third-order valence-electron chi connectivity index (χ3n) is 7.75. The highest BCUT2D eigenvalue weighted by Crippen LogP contribution is 2.31. The summed E-state index contributed by atoms with van der Waals surface area (Å²) in [7, 11) is 0. The molecule has 2 aromatic heterocycles. The topological polar surface area (TPSA) is 70.5 Å². The van der Waals surface area contributed by atoms with E-state index in [9.17, 15) is 9.59 Å². The Morgan fingerprint density at radius 2 is 1.56 bits per heavy atom. The lowest BCUT2D eigenvalue weighted by atomic mass is 10.0. The van der Waals surface area contributed by atoms with Gasteiger partial charge in [-0.15, -0.1) is 0 Å². The molecule has 0 spiro atoms. The van der Waals surface area contributed by atoms with Crippen LogP contribution in [-0.2, 0) is 17.8 Å². The predicted octanol–water partition coefficient (Wildman–Crippen LogP) is 5.34. The second-order valence-electron chi connectivity index (χ2n) is 10.4. The maximum absolute atomic E-state index is 13.5. The molecule has 1 saturated heterocycles. The number of carbonyl (C=O) groups is 2. The number of Topliss-reactive ketones (excluding diaryl/α,β-unsaturated/α-hetero) is 1. The molecule has 0 aliphatic carbocycles. The standard InChI is InChI=1S/C32H33N5O2/c1-23-14-15-33-29(21-23)36-19-17-35(18-20-36)26-12-10-25(11-13-26)34-32(39)31(38)30-28(24-7-3-2-4-8-24)22-27-9-5-6-16-37(27)30/h2-4,7-8,10-15,21-22H,5-6,9,16-20H2,1H3,(H,34,39). The van der Waals surface area contributed by atoms with Crippen molar-refractivity contribution in [2.24, 2.45) is 0 Å². The minimum Gasteiger partial charge on any atom is -0.368 e. The molecular weight excluding hydrogens is 486 g/mol. The number of aryl methyl sites for hydroxylation is 2. The van der Waals surface area contributed by atoms with Gasteiger partial charge in [0.05, 0.1) is 0 Å². The van der Waals surface area contributed by atoms with Gasteiger partial charge in [0.15, 0.2) is 0 Å². The molecule has 1 fully saturated rings. The smallest absolute Gasteiger partial charge is 0.298 e. The average Bonchev–Trinajstić information content (AvgIpc) is 3.37. The van der Waals surface area contributed by atoms with Crippen molar-refractivity contribution in [3.05, 3.63) is 95.9 Å². The second kappa shape index (κ2) is 10.8. The molecule has 0 bridgehead atoms. The van der Waals surface area contributed by atoms with Gasteiger partial charge in [-0.05, 0) is 79.8 Å². The monoisotopic (exact) mass is 519 g/mol. The Balaban J connectivity index is 1.13. The predicted molar refractivity (Wildman–Crippen MR) is 156 cm³/mol. The fourth-order valence-electron chi connectivity index (χ4n) is 5.66. The maximum atomic E-state index is 13.5. The Labute approximate surface area is 229 Å². The number of rotatable bonds is 6. The van der Waals surface area contributed by atoms with Crippen LogP contribution in [0.25, 0.3) is 11.1 Å². The molecule has 7 heteroatoms. The normalized spacial score (nSPS) is 15.1. The van der Waals surface area contributed by atoms with Crippen molar-refractivity contribution in [1.29, 1.82) is 0 Å². The Kier molecular flexibility index (Phi) is 6.88. The first-order valence-corrected chi connectivity index (χ1v) is 13.7. The molecule has 1 N–H and O–H groups in total. The number of carbonyl (C=O) groups excluding carboxylic acids is 2. The lowest BCUT2D eigenvalue weighted by Crippen LogP contribution is -2.46. The number of piperazine rings is 1. The number of nitrogens with zero attached hydrogens (tertiary/aromatic N) is 4. The lowest BCUT2D eigenvalue weighted by Gasteiger charge is -2.36. The third-order valence-corrected chi connectivity index (χ3v) is 7.75. The van der Waals surface area contributed by atoms with E-state index in [4.69, 9.17) is 0 Å². The van der Waals surface area contributed by atoms with Gasteiger partial charge in [-0.1, -0.05) is 30.3 Å². The van der Waals surface area contributed by atoms with E-state index in [-0.39, 0.29) is 0 Å². The summed E-state index contributed by atoms with van der Waals surface area (Å²) < 4.78 is 2.04. The van der Waals surface area contributed by atoms with Crippen LogP contribution in [0.3, 0.4) is 0 Å². The summed E-state index contributed by atoms with van der Waals surface area (Å²) >= 11 is 0. The van der Waals surface area contributed by atoms with Crippen LogP contribution in [0.5, 0.6) is 0 Å². The molecule has 0 radical (unpaired) electrons. The summed E-state index contributed by atoms with van der Waals surface area (Å²) in [6.45, 7) is 6.43. The average molecular weight is 520 g/mol. The fourth-order valence-corrected chi connectivity index (χ4v) is 5.66. The Morgan fingerprint density at radius 1 is 0.821 bits per heavy atom. The molecular formula is C32H33N5O2. The van der Waals surface area contributed by atoms with Gasteiger partial charge >= 0.3 is 0 Å². The summed E-state index contributed by atoms with van der Waals surface area (Å²) in [6, 6.07) is 23.9. The van der Waals surface area contributed by atoms with Crippen molar-refractivity contribution in [3.8, 4) is 11.1 Å². The number of benzene rings is 2. The van der Waals surface area contributed by atoms with Crippen molar-refractivity contribution in [2.45, 2.75) is 32.7 Å². The van der Waals surface area contributed by atoms with E-state index < -0.39 is 11.7 Å². The van der Waals surface area contributed by atoms with Crippen LogP contribution < -0.4 is 15.1 Å². The number of hydrogen-bond acceptors (Lipinski definition) is 5. The molecule has 0 saturated carbocycles. The van der Waals surface area contributed by atoms with Gasteiger partial charge in [-0.2, -0.15) is 0 Å². The van der Waals surface area contributed by atoms with Crippen LogP contribution in [0.15, 0.2) is 79.0 Å². The molecule has 4 aromatic rings. The number of pyridine rings is 1. The van der Waals surface area contributed by atoms with E-state index in [2.05, 4.69) is 39.2 Å². The van der Waals surface area contributed by atoms with Crippen molar-refractivity contribution in [1.82, 2.24) is 9.55 Å². The molecule has 6 rings (SSSR count). The van der Waals surface area contributed by atoms with Crippen molar-refractivity contribution in [3.63, 3.8) is 0 Å². The minimum atomic E-state index is -0.606. The summed E-state index contributed by atoms with van der Waals surface area (Å²) in [5, 5.41) is 2.84. The fraction of sp³-hybridized carbons (Fsp3) is 0.281. The molecule has 2 aliphatic heterocycles. The van der Waals surface area contributed by atoms with Crippen LogP contribution in [0.2, 0.25) is 0 Å². The summed E-state index contributed by atoms with van der Waals surface area (Å²) in [6.07, 6.45) is 4.89. The molecule has 2 aromatic carbocycles. The quantitative estimate of drug-likeness (QED) is 0.275. The zero-order valence-electron chi connectivity index (χ0n) is 22.3. The molecule has 198 valence electrons.